The predicted molar refractivity (Wildman–Crippen MR) is 65.4 cm³/mol. The maximum Gasteiger partial charge on any atom is 0.0906 e. The van der Waals surface area contributed by atoms with Crippen molar-refractivity contribution in [2.75, 3.05) is 26.3 Å². The van der Waals surface area contributed by atoms with E-state index in [-0.39, 0.29) is 6.67 Å². The van der Waals surface area contributed by atoms with Crippen LogP contribution >= 0.6 is 0 Å². The minimum Gasteiger partial charge on any atom is -0.303 e. The lowest BCUT2D eigenvalue weighted by Gasteiger charge is -2.39. The zero-order chi connectivity index (χ0) is 11.4. The van der Waals surface area contributed by atoms with Crippen LogP contribution in [0.25, 0.3) is 0 Å². The van der Waals surface area contributed by atoms with Crippen molar-refractivity contribution in [3.8, 4) is 0 Å². The number of hydrogen-bond donors (Lipinski definition) is 0. The quantitative estimate of drug-likeness (QED) is 0.739. The van der Waals surface area contributed by atoms with Crippen molar-refractivity contribution in [2.24, 2.45) is 5.92 Å². The number of likely N-dealkylation sites (tertiary alicyclic amines) is 1. The number of aryl methyl sites for hydroxylation is 1. The molecule has 2 heteroatoms. The van der Waals surface area contributed by atoms with Crippen LogP contribution in [0.15, 0.2) is 24.3 Å². The van der Waals surface area contributed by atoms with Gasteiger partial charge < -0.3 is 4.90 Å². The molecule has 0 amide bonds. The maximum atomic E-state index is 12.0. The number of halogens is 1. The summed E-state index contributed by atoms with van der Waals surface area (Å²) in [6.45, 7) is 5.16. The average molecular weight is 221 g/mol. The molecule has 0 aliphatic carbocycles. The van der Waals surface area contributed by atoms with E-state index in [1.165, 1.54) is 17.5 Å². The molecule has 0 saturated carbocycles. The van der Waals surface area contributed by atoms with E-state index in [9.17, 15) is 4.39 Å². The Hall–Kier alpha value is -0.890. The highest BCUT2D eigenvalue weighted by Gasteiger charge is 2.25. The molecular formula is C14H20FN. The minimum atomic E-state index is -0.181. The highest BCUT2D eigenvalue weighted by atomic mass is 19.1. The van der Waals surface area contributed by atoms with Gasteiger partial charge in [-0.1, -0.05) is 29.8 Å². The van der Waals surface area contributed by atoms with Crippen molar-refractivity contribution < 1.29 is 4.39 Å². The second kappa shape index (κ2) is 5.44. The van der Waals surface area contributed by atoms with E-state index in [1.807, 2.05) is 0 Å². The fourth-order valence-corrected chi connectivity index (χ4v) is 2.33. The molecule has 0 atom stereocenters. The van der Waals surface area contributed by atoms with E-state index in [2.05, 4.69) is 36.1 Å². The topological polar surface area (TPSA) is 3.24 Å². The third-order valence-electron chi connectivity index (χ3n) is 3.29. The third-order valence-corrected chi connectivity index (χ3v) is 3.29. The molecule has 0 aromatic heterocycles. The first-order valence-corrected chi connectivity index (χ1v) is 6.12. The number of hydrogen-bond acceptors (Lipinski definition) is 1. The Kier molecular flexibility index (Phi) is 3.94. The summed E-state index contributed by atoms with van der Waals surface area (Å²) in [5.41, 5.74) is 2.75. The Morgan fingerprint density at radius 1 is 1.25 bits per heavy atom. The number of alkyl halides is 1. The summed E-state index contributed by atoms with van der Waals surface area (Å²) in [6, 6.07) is 8.79. The summed E-state index contributed by atoms with van der Waals surface area (Å²) in [7, 11) is 0. The van der Waals surface area contributed by atoms with Gasteiger partial charge in [-0.2, -0.15) is 0 Å². The van der Waals surface area contributed by atoms with Crippen LogP contribution in [0, 0.1) is 12.8 Å². The van der Waals surface area contributed by atoms with Gasteiger partial charge in [-0.05, 0) is 31.2 Å². The summed E-state index contributed by atoms with van der Waals surface area (Å²) in [5, 5.41) is 0. The lowest BCUT2D eigenvalue weighted by atomic mass is 9.92. The Morgan fingerprint density at radius 2 is 1.94 bits per heavy atom. The van der Waals surface area contributed by atoms with Crippen LogP contribution < -0.4 is 0 Å². The van der Waals surface area contributed by atoms with E-state index in [0.717, 1.165) is 25.6 Å². The fraction of sp³-hybridized carbons (Fsp3) is 0.571. The average Bonchev–Trinajstić information content (AvgIpc) is 2.24. The Labute approximate surface area is 97.3 Å². The predicted octanol–water partition coefficient (Wildman–Crippen LogP) is 2.83. The fourth-order valence-electron chi connectivity index (χ4n) is 2.33. The number of nitrogens with zero attached hydrogens (tertiary/aromatic N) is 1. The van der Waals surface area contributed by atoms with Crippen molar-refractivity contribution in [3.05, 3.63) is 35.4 Å². The summed E-state index contributed by atoms with van der Waals surface area (Å²) in [4.78, 5) is 2.35. The molecule has 0 N–H and O–H groups in total. The molecule has 0 bridgehead atoms. The summed E-state index contributed by atoms with van der Waals surface area (Å²) in [6.07, 6.45) is 1.86. The molecule has 1 aliphatic rings. The molecule has 0 radical (unpaired) electrons. The first-order valence-electron chi connectivity index (χ1n) is 6.12. The normalized spacial score (nSPS) is 17.4. The van der Waals surface area contributed by atoms with Gasteiger partial charge in [0.15, 0.2) is 0 Å². The van der Waals surface area contributed by atoms with Gasteiger partial charge in [0.2, 0.25) is 0 Å². The molecule has 1 aromatic carbocycles. The lowest BCUT2D eigenvalue weighted by Crippen LogP contribution is -2.47. The molecule has 1 aliphatic heterocycles. The summed E-state index contributed by atoms with van der Waals surface area (Å²) in [5.74, 6) is 0.780. The first kappa shape index (κ1) is 11.6. The van der Waals surface area contributed by atoms with E-state index in [4.69, 9.17) is 0 Å². The van der Waals surface area contributed by atoms with Crippen LogP contribution in [0.4, 0.5) is 4.39 Å². The van der Waals surface area contributed by atoms with Crippen LogP contribution in [0.2, 0.25) is 0 Å². The van der Waals surface area contributed by atoms with Gasteiger partial charge in [0.1, 0.15) is 0 Å². The second-order valence-corrected chi connectivity index (χ2v) is 4.86. The number of benzene rings is 1. The van der Waals surface area contributed by atoms with Crippen LogP contribution in [-0.2, 0) is 6.42 Å². The van der Waals surface area contributed by atoms with Crippen LogP contribution in [0.1, 0.15) is 17.5 Å². The van der Waals surface area contributed by atoms with Crippen LogP contribution in [0.5, 0.6) is 0 Å². The van der Waals surface area contributed by atoms with E-state index in [1.54, 1.807) is 0 Å². The van der Waals surface area contributed by atoms with Gasteiger partial charge in [-0.25, -0.2) is 0 Å². The monoisotopic (exact) mass is 221 g/mol. The Bertz CT molecular complexity index is 314. The van der Waals surface area contributed by atoms with Crippen molar-refractivity contribution in [1.82, 2.24) is 4.90 Å². The molecule has 1 saturated heterocycles. The van der Waals surface area contributed by atoms with Gasteiger partial charge in [0.05, 0.1) is 6.67 Å². The lowest BCUT2D eigenvalue weighted by molar-refractivity contribution is 0.0968. The maximum absolute atomic E-state index is 12.0. The van der Waals surface area contributed by atoms with Gasteiger partial charge in [0, 0.05) is 19.6 Å². The molecule has 1 fully saturated rings. The van der Waals surface area contributed by atoms with Gasteiger partial charge in [-0.3, -0.25) is 4.39 Å². The zero-order valence-electron chi connectivity index (χ0n) is 9.95. The van der Waals surface area contributed by atoms with E-state index < -0.39 is 0 Å². The molecule has 16 heavy (non-hydrogen) atoms. The third kappa shape index (κ3) is 3.05. The molecule has 1 heterocycles. The van der Waals surface area contributed by atoms with Gasteiger partial charge in [0.25, 0.3) is 0 Å². The van der Waals surface area contributed by atoms with Gasteiger partial charge >= 0.3 is 0 Å². The molecule has 1 aromatic rings. The molecule has 1 nitrogen and oxygen atoms in total. The standard InChI is InChI=1S/C14H20FN/c1-12-3-5-13(6-4-12)9-14-10-16(11-14)8-2-7-15/h3-6,14H,2,7-11H2,1H3. The highest BCUT2D eigenvalue weighted by molar-refractivity contribution is 5.22. The van der Waals surface area contributed by atoms with Crippen molar-refractivity contribution in [1.29, 1.82) is 0 Å². The molecule has 2 rings (SSSR count). The van der Waals surface area contributed by atoms with Crippen molar-refractivity contribution in [2.45, 2.75) is 19.8 Å². The Balaban J connectivity index is 1.71. The van der Waals surface area contributed by atoms with Crippen molar-refractivity contribution in [3.63, 3.8) is 0 Å². The van der Waals surface area contributed by atoms with Crippen LogP contribution in [-0.4, -0.2) is 31.2 Å². The van der Waals surface area contributed by atoms with E-state index in [0.29, 0.717) is 6.42 Å². The zero-order valence-corrected chi connectivity index (χ0v) is 9.95. The molecular weight excluding hydrogens is 201 g/mol. The minimum absolute atomic E-state index is 0.181. The smallest absolute Gasteiger partial charge is 0.0906 e. The molecule has 0 spiro atoms. The Morgan fingerprint density at radius 3 is 2.56 bits per heavy atom. The SMILES string of the molecule is Cc1ccc(CC2CN(CCCF)C2)cc1. The van der Waals surface area contributed by atoms with Crippen molar-refractivity contribution >= 4 is 0 Å². The van der Waals surface area contributed by atoms with E-state index >= 15 is 0 Å². The molecule has 0 unspecified atom stereocenters. The first-order chi connectivity index (χ1) is 7.78. The largest absolute Gasteiger partial charge is 0.303 e. The number of rotatable bonds is 5. The second-order valence-electron chi connectivity index (χ2n) is 4.86. The van der Waals surface area contributed by atoms with Crippen LogP contribution in [0.3, 0.4) is 0 Å². The summed E-state index contributed by atoms with van der Waals surface area (Å²) < 4.78 is 12.0. The highest BCUT2D eigenvalue weighted by Crippen LogP contribution is 2.20. The van der Waals surface area contributed by atoms with Gasteiger partial charge in [-0.15, -0.1) is 0 Å². The molecule has 88 valence electrons. The summed E-state index contributed by atoms with van der Waals surface area (Å²) >= 11 is 0.